The van der Waals surface area contributed by atoms with Gasteiger partial charge in [0.15, 0.2) is 5.69 Å². The summed E-state index contributed by atoms with van der Waals surface area (Å²) in [5.41, 5.74) is 3.16. The van der Waals surface area contributed by atoms with Crippen molar-refractivity contribution < 1.29 is 9.59 Å². The molecule has 5 rings (SSSR count). The zero-order valence-corrected chi connectivity index (χ0v) is 20.2. The Bertz CT molecular complexity index is 1200. The predicted molar refractivity (Wildman–Crippen MR) is 131 cm³/mol. The van der Waals surface area contributed by atoms with Crippen LogP contribution in [0.5, 0.6) is 0 Å². The third-order valence-corrected chi connectivity index (χ3v) is 7.09. The van der Waals surface area contributed by atoms with E-state index in [0.29, 0.717) is 31.4 Å². The minimum absolute atomic E-state index is 0.00863. The normalized spacial score (nSPS) is 20.9. The van der Waals surface area contributed by atoms with Gasteiger partial charge in [0.05, 0.1) is 11.9 Å². The van der Waals surface area contributed by atoms with Gasteiger partial charge in [-0.25, -0.2) is 0 Å². The summed E-state index contributed by atoms with van der Waals surface area (Å²) in [6, 6.07) is 14.4. The monoisotopic (exact) mass is 473 g/mol. The van der Waals surface area contributed by atoms with Gasteiger partial charge in [-0.2, -0.15) is 0 Å². The maximum atomic E-state index is 13.6. The molecule has 0 radical (unpaired) electrons. The van der Waals surface area contributed by atoms with Gasteiger partial charge < -0.3 is 9.80 Å². The molecule has 0 saturated carbocycles. The van der Waals surface area contributed by atoms with Crippen LogP contribution in [0, 0.1) is 0 Å². The number of carbonyl (C=O) groups excluding carboxylic acids is 2. The van der Waals surface area contributed by atoms with Crippen molar-refractivity contribution in [3.8, 4) is 0 Å². The van der Waals surface area contributed by atoms with Crippen molar-refractivity contribution in [2.45, 2.75) is 51.4 Å². The maximum Gasteiger partial charge on any atom is 0.276 e. The van der Waals surface area contributed by atoms with E-state index in [1.807, 2.05) is 58.5 Å². The fourth-order valence-electron chi connectivity index (χ4n) is 5.38. The molecule has 0 unspecified atom stereocenters. The molecule has 3 aromatic rings. The molecule has 0 aliphatic carbocycles. The molecule has 9 nitrogen and oxygen atoms in total. The highest BCUT2D eigenvalue weighted by Crippen LogP contribution is 2.32. The first-order valence-corrected chi connectivity index (χ1v) is 12.2. The first-order valence-electron chi connectivity index (χ1n) is 12.2. The average Bonchev–Trinajstić information content (AvgIpc) is 3.45. The summed E-state index contributed by atoms with van der Waals surface area (Å²) < 4.78 is 1.55. The first kappa shape index (κ1) is 23.2. The molecule has 0 spiro atoms. The van der Waals surface area contributed by atoms with Gasteiger partial charge in [-0.1, -0.05) is 29.5 Å². The van der Waals surface area contributed by atoms with E-state index in [4.69, 9.17) is 0 Å². The number of hydrogen-bond acceptors (Lipinski definition) is 6. The molecule has 1 aromatic carbocycles. The number of carbonyl (C=O) groups is 2. The highest BCUT2D eigenvalue weighted by atomic mass is 16.2. The maximum absolute atomic E-state index is 13.6. The molecule has 2 aliphatic rings. The number of nitrogens with zero attached hydrogens (tertiary/aromatic N) is 7. The van der Waals surface area contributed by atoms with E-state index in [2.05, 4.69) is 20.2 Å². The van der Waals surface area contributed by atoms with E-state index in [1.54, 1.807) is 24.9 Å². The van der Waals surface area contributed by atoms with Crippen molar-refractivity contribution in [3.05, 3.63) is 71.8 Å². The Hall–Kier alpha value is -3.59. The number of para-hydroxylation sites is 1. The van der Waals surface area contributed by atoms with Gasteiger partial charge in [0, 0.05) is 64.1 Å². The molecule has 9 heteroatoms. The van der Waals surface area contributed by atoms with Crippen LogP contribution in [0.1, 0.15) is 47.9 Å². The predicted octanol–water partition coefficient (Wildman–Crippen LogP) is 2.64. The number of hydrogen-bond donors (Lipinski definition) is 0. The third-order valence-electron chi connectivity index (χ3n) is 7.09. The fourth-order valence-corrected chi connectivity index (χ4v) is 5.38. The molecule has 2 aliphatic heterocycles. The van der Waals surface area contributed by atoms with Crippen molar-refractivity contribution >= 4 is 17.5 Å². The summed E-state index contributed by atoms with van der Waals surface area (Å²) in [5.74, 6) is -0.142. The molecular weight excluding hydrogens is 442 g/mol. The zero-order chi connectivity index (χ0) is 24.4. The smallest absolute Gasteiger partial charge is 0.276 e. The Labute approximate surface area is 205 Å². The number of benzene rings is 1. The van der Waals surface area contributed by atoms with Gasteiger partial charge >= 0.3 is 0 Å². The minimum atomic E-state index is -0.150. The van der Waals surface area contributed by atoms with Crippen LogP contribution in [-0.2, 0) is 24.9 Å². The van der Waals surface area contributed by atoms with E-state index >= 15 is 0 Å². The van der Waals surface area contributed by atoms with Crippen molar-refractivity contribution in [1.29, 1.82) is 0 Å². The lowest BCUT2D eigenvalue weighted by atomic mass is 10.1. The van der Waals surface area contributed by atoms with E-state index in [0.717, 1.165) is 42.8 Å². The number of pyridine rings is 1. The molecule has 2 atom stereocenters. The van der Waals surface area contributed by atoms with Gasteiger partial charge in [-0.05, 0) is 43.0 Å². The van der Waals surface area contributed by atoms with Crippen LogP contribution in [-0.4, -0.2) is 66.8 Å². The second-order valence-electron chi connectivity index (χ2n) is 9.43. The molecular formula is C26H31N7O2. The van der Waals surface area contributed by atoms with Gasteiger partial charge in [0.1, 0.15) is 0 Å². The summed E-state index contributed by atoms with van der Waals surface area (Å²) in [6.45, 7) is 3.94. The molecule has 0 N–H and O–H groups in total. The van der Waals surface area contributed by atoms with E-state index in [9.17, 15) is 9.59 Å². The Morgan fingerprint density at radius 1 is 1.03 bits per heavy atom. The van der Waals surface area contributed by atoms with E-state index < -0.39 is 0 Å². The molecule has 35 heavy (non-hydrogen) atoms. The summed E-state index contributed by atoms with van der Waals surface area (Å²) in [5, 5.41) is 8.05. The summed E-state index contributed by atoms with van der Waals surface area (Å²) in [4.78, 5) is 37.1. The lowest BCUT2D eigenvalue weighted by Crippen LogP contribution is -2.45. The molecule has 2 bridgehead atoms. The van der Waals surface area contributed by atoms with Crippen LogP contribution in [0.3, 0.4) is 0 Å². The van der Waals surface area contributed by atoms with Crippen LogP contribution in [0.2, 0.25) is 0 Å². The van der Waals surface area contributed by atoms with Crippen molar-refractivity contribution in [2.75, 3.05) is 18.0 Å². The van der Waals surface area contributed by atoms with Gasteiger partial charge in [-0.3, -0.25) is 24.2 Å². The number of aryl methyl sites for hydroxylation is 1. The number of fused-ring (bicyclic) bond motifs is 3. The molecule has 4 heterocycles. The average molecular weight is 474 g/mol. The van der Waals surface area contributed by atoms with Crippen LogP contribution in [0.15, 0.2) is 54.9 Å². The first-order chi connectivity index (χ1) is 17.0. The summed E-state index contributed by atoms with van der Waals surface area (Å²) >= 11 is 0. The third kappa shape index (κ3) is 4.95. The quantitative estimate of drug-likeness (QED) is 0.581. The second kappa shape index (κ2) is 9.95. The largest absolute Gasteiger partial charge is 0.331 e. The van der Waals surface area contributed by atoms with Crippen LogP contribution < -0.4 is 4.90 Å². The molecule has 2 aromatic heterocycles. The van der Waals surface area contributed by atoms with E-state index in [-0.39, 0.29) is 17.9 Å². The Kier molecular flexibility index (Phi) is 6.59. The van der Waals surface area contributed by atoms with Gasteiger partial charge in [-0.15, -0.1) is 5.10 Å². The van der Waals surface area contributed by atoms with Crippen molar-refractivity contribution in [2.24, 2.45) is 7.05 Å². The van der Waals surface area contributed by atoms with Gasteiger partial charge in [0.25, 0.3) is 5.91 Å². The van der Waals surface area contributed by atoms with Crippen molar-refractivity contribution in [3.63, 3.8) is 0 Å². The highest BCUT2D eigenvalue weighted by Gasteiger charge is 2.37. The molecule has 182 valence electrons. The van der Waals surface area contributed by atoms with Crippen LogP contribution in [0.4, 0.5) is 5.69 Å². The molecule has 2 amide bonds. The number of amides is 2. The highest BCUT2D eigenvalue weighted by molar-refractivity contribution is 5.93. The topological polar surface area (TPSA) is 87.5 Å². The Morgan fingerprint density at radius 2 is 1.83 bits per heavy atom. The van der Waals surface area contributed by atoms with E-state index in [1.165, 1.54) is 0 Å². The fraction of sp³-hybridized carbons (Fsp3) is 0.423. The SMILES string of the molecule is CC(=O)N1CC[C@@H]2CC[C@H](CN(C(=O)c3cn(C)nn3)Cc3ccccc31)N2Cc1ccccn1. The van der Waals surface area contributed by atoms with Gasteiger partial charge in [0.2, 0.25) is 5.91 Å². The summed E-state index contributed by atoms with van der Waals surface area (Å²) in [7, 11) is 1.76. The molecule has 1 saturated heterocycles. The Balaban J connectivity index is 1.53. The zero-order valence-electron chi connectivity index (χ0n) is 20.2. The lowest BCUT2D eigenvalue weighted by molar-refractivity contribution is -0.116. The lowest BCUT2D eigenvalue weighted by Gasteiger charge is -2.33. The number of rotatable bonds is 3. The summed E-state index contributed by atoms with van der Waals surface area (Å²) in [6.07, 6.45) is 6.36. The second-order valence-corrected chi connectivity index (χ2v) is 9.43. The molecule has 1 fully saturated rings. The van der Waals surface area contributed by atoms with Crippen LogP contribution >= 0.6 is 0 Å². The standard InChI is InChI=1S/C26H31N7O2/c1-19(34)32-14-12-22-10-11-23(33(22)16-21-8-5-6-13-27-21)17-31(15-20-7-3-4-9-25(20)32)26(35)24-18-30(2)29-28-24/h3-9,13,18,22-23H,10-12,14-17H2,1-2H3/t22-,23+/m0/s1. The van der Waals surface area contributed by atoms with Crippen molar-refractivity contribution in [1.82, 2.24) is 29.8 Å². The van der Waals surface area contributed by atoms with Crippen LogP contribution in [0.25, 0.3) is 0 Å². The number of anilines is 1. The Morgan fingerprint density at radius 3 is 2.57 bits per heavy atom. The minimum Gasteiger partial charge on any atom is -0.331 e. The number of aromatic nitrogens is 4.